The lowest BCUT2D eigenvalue weighted by molar-refractivity contribution is -0.120. The van der Waals surface area contributed by atoms with Gasteiger partial charge in [0.15, 0.2) is 0 Å². The molecule has 0 unspecified atom stereocenters. The average Bonchev–Trinajstić information content (AvgIpc) is 2.73. The molecular formula is C25H28N2O. The molecule has 1 atom stereocenters. The summed E-state index contributed by atoms with van der Waals surface area (Å²) < 4.78 is 0. The highest BCUT2D eigenvalue weighted by molar-refractivity contribution is 5.85. The van der Waals surface area contributed by atoms with Gasteiger partial charge in [-0.25, -0.2) is 0 Å². The summed E-state index contributed by atoms with van der Waals surface area (Å²) in [7, 11) is 0. The van der Waals surface area contributed by atoms with Crippen molar-refractivity contribution in [1.29, 1.82) is 0 Å². The Balaban J connectivity index is 1.26. The number of likely N-dealkylation sites (tertiary alicyclic amines) is 1. The first kappa shape index (κ1) is 18.7. The Morgan fingerprint density at radius 3 is 2.57 bits per heavy atom. The third kappa shape index (κ3) is 4.99. The van der Waals surface area contributed by atoms with Crippen molar-refractivity contribution in [3.05, 3.63) is 83.9 Å². The largest absolute Gasteiger partial charge is 0.355 e. The fourth-order valence-corrected chi connectivity index (χ4v) is 4.16. The Bertz CT molecular complexity index is 922. The minimum Gasteiger partial charge on any atom is -0.355 e. The van der Waals surface area contributed by atoms with Gasteiger partial charge in [-0.05, 0) is 47.2 Å². The van der Waals surface area contributed by atoms with Crippen molar-refractivity contribution >= 4 is 16.7 Å². The highest BCUT2D eigenvalue weighted by atomic mass is 16.1. The number of nitrogens with one attached hydrogen (secondary N) is 1. The zero-order valence-electron chi connectivity index (χ0n) is 16.3. The van der Waals surface area contributed by atoms with Gasteiger partial charge < -0.3 is 5.32 Å². The molecule has 3 aromatic carbocycles. The van der Waals surface area contributed by atoms with Crippen molar-refractivity contribution in [3.8, 4) is 0 Å². The second-order valence-corrected chi connectivity index (χ2v) is 7.89. The average molecular weight is 373 g/mol. The smallest absolute Gasteiger partial charge is 0.224 e. The van der Waals surface area contributed by atoms with Crippen molar-refractivity contribution < 1.29 is 4.79 Å². The van der Waals surface area contributed by atoms with E-state index in [1.54, 1.807) is 0 Å². The highest BCUT2D eigenvalue weighted by Crippen LogP contribution is 2.19. The summed E-state index contributed by atoms with van der Waals surface area (Å²) in [5, 5.41) is 5.57. The second-order valence-electron chi connectivity index (χ2n) is 7.89. The number of benzene rings is 3. The predicted molar refractivity (Wildman–Crippen MR) is 115 cm³/mol. The van der Waals surface area contributed by atoms with E-state index in [1.165, 1.54) is 29.2 Å². The van der Waals surface area contributed by atoms with Crippen LogP contribution in [-0.2, 0) is 17.8 Å². The van der Waals surface area contributed by atoms with Gasteiger partial charge in [0.05, 0.1) is 6.42 Å². The van der Waals surface area contributed by atoms with Crippen LogP contribution in [-0.4, -0.2) is 30.4 Å². The molecule has 1 N–H and O–H groups in total. The standard InChI is InChI=1S/C25H28N2O/c28-25(16-21-12-13-23-10-4-5-11-24(23)15-21)26-17-22-9-6-14-27(19-22)18-20-7-2-1-3-8-20/h1-5,7-8,10-13,15,22H,6,9,14,16-19H2,(H,26,28)/t22-/m1/s1. The van der Waals surface area contributed by atoms with E-state index < -0.39 is 0 Å². The molecular weight excluding hydrogens is 344 g/mol. The summed E-state index contributed by atoms with van der Waals surface area (Å²) in [4.78, 5) is 15.0. The molecule has 0 aliphatic carbocycles. The Morgan fingerprint density at radius 2 is 1.71 bits per heavy atom. The second kappa shape index (κ2) is 9.03. The van der Waals surface area contributed by atoms with Gasteiger partial charge in [0, 0.05) is 19.6 Å². The van der Waals surface area contributed by atoms with E-state index >= 15 is 0 Å². The van der Waals surface area contributed by atoms with Crippen LogP contribution >= 0.6 is 0 Å². The molecule has 28 heavy (non-hydrogen) atoms. The first-order valence-corrected chi connectivity index (χ1v) is 10.3. The van der Waals surface area contributed by atoms with Gasteiger partial charge in [0.1, 0.15) is 0 Å². The van der Waals surface area contributed by atoms with Crippen LogP contribution in [0.4, 0.5) is 0 Å². The maximum Gasteiger partial charge on any atom is 0.224 e. The van der Waals surface area contributed by atoms with Crippen molar-refractivity contribution in [1.82, 2.24) is 10.2 Å². The SMILES string of the molecule is O=C(Cc1ccc2ccccc2c1)NC[C@H]1CCCN(Cc2ccccc2)C1. The van der Waals surface area contributed by atoms with Crippen LogP contribution < -0.4 is 5.32 Å². The van der Waals surface area contributed by atoms with Crippen LogP contribution in [0.5, 0.6) is 0 Å². The van der Waals surface area contributed by atoms with Crippen LogP contribution in [0, 0.1) is 5.92 Å². The molecule has 0 saturated carbocycles. The molecule has 3 heteroatoms. The van der Waals surface area contributed by atoms with E-state index in [-0.39, 0.29) is 5.91 Å². The lowest BCUT2D eigenvalue weighted by Crippen LogP contribution is -2.40. The van der Waals surface area contributed by atoms with Crippen molar-refractivity contribution in [2.45, 2.75) is 25.8 Å². The Morgan fingerprint density at radius 1 is 0.929 bits per heavy atom. The fourth-order valence-electron chi connectivity index (χ4n) is 4.16. The Hall–Kier alpha value is -2.65. The topological polar surface area (TPSA) is 32.3 Å². The molecule has 1 saturated heterocycles. The summed E-state index contributed by atoms with van der Waals surface area (Å²) >= 11 is 0. The van der Waals surface area contributed by atoms with Crippen LogP contribution in [0.2, 0.25) is 0 Å². The van der Waals surface area contributed by atoms with Gasteiger partial charge in [-0.3, -0.25) is 9.69 Å². The van der Waals surface area contributed by atoms with Gasteiger partial charge in [-0.15, -0.1) is 0 Å². The van der Waals surface area contributed by atoms with E-state index in [2.05, 4.69) is 70.9 Å². The van der Waals surface area contributed by atoms with E-state index in [0.717, 1.165) is 31.7 Å². The summed E-state index contributed by atoms with van der Waals surface area (Å²) in [5.41, 5.74) is 2.44. The molecule has 1 heterocycles. The number of piperidine rings is 1. The van der Waals surface area contributed by atoms with Crippen LogP contribution in [0.25, 0.3) is 10.8 Å². The number of amides is 1. The van der Waals surface area contributed by atoms with Crippen LogP contribution in [0.15, 0.2) is 72.8 Å². The molecule has 1 aliphatic rings. The van der Waals surface area contributed by atoms with E-state index in [1.807, 2.05) is 12.1 Å². The van der Waals surface area contributed by atoms with Crippen molar-refractivity contribution in [2.75, 3.05) is 19.6 Å². The molecule has 4 rings (SSSR count). The van der Waals surface area contributed by atoms with E-state index in [4.69, 9.17) is 0 Å². The zero-order valence-corrected chi connectivity index (χ0v) is 16.3. The molecule has 1 fully saturated rings. The lowest BCUT2D eigenvalue weighted by Gasteiger charge is -2.32. The monoisotopic (exact) mass is 372 g/mol. The number of hydrogen-bond donors (Lipinski definition) is 1. The third-order valence-corrected chi connectivity index (χ3v) is 5.62. The van der Waals surface area contributed by atoms with E-state index in [0.29, 0.717) is 12.3 Å². The maximum absolute atomic E-state index is 12.4. The summed E-state index contributed by atoms with van der Waals surface area (Å²) in [5.74, 6) is 0.661. The predicted octanol–water partition coefficient (Wildman–Crippen LogP) is 4.41. The number of nitrogens with zero attached hydrogens (tertiary/aromatic N) is 1. The van der Waals surface area contributed by atoms with E-state index in [9.17, 15) is 4.79 Å². The minimum atomic E-state index is 0.121. The Kier molecular flexibility index (Phi) is 6.03. The first-order valence-electron chi connectivity index (χ1n) is 10.3. The van der Waals surface area contributed by atoms with Crippen LogP contribution in [0.3, 0.4) is 0 Å². The summed E-state index contributed by atoms with van der Waals surface area (Å²) in [6, 6.07) is 25.2. The minimum absolute atomic E-state index is 0.121. The third-order valence-electron chi connectivity index (χ3n) is 5.62. The molecule has 1 aliphatic heterocycles. The molecule has 3 aromatic rings. The van der Waals surface area contributed by atoms with Gasteiger partial charge in [-0.1, -0.05) is 72.8 Å². The number of rotatable bonds is 6. The normalized spacial score (nSPS) is 17.5. The van der Waals surface area contributed by atoms with Gasteiger partial charge in [0.25, 0.3) is 0 Å². The molecule has 1 amide bonds. The highest BCUT2D eigenvalue weighted by Gasteiger charge is 2.20. The van der Waals surface area contributed by atoms with Crippen molar-refractivity contribution in [3.63, 3.8) is 0 Å². The zero-order chi connectivity index (χ0) is 19.2. The molecule has 0 spiro atoms. The van der Waals surface area contributed by atoms with Crippen LogP contribution in [0.1, 0.15) is 24.0 Å². The molecule has 144 valence electrons. The first-order chi connectivity index (χ1) is 13.8. The Labute approximate surface area is 167 Å². The molecule has 0 bridgehead atoms. The molecule has 0 radical (unpaired) electrons. The fraction of sp³-hybridized carbons (Fsp3) is 0.320. The van der Waals surface area contributed by atoms with Gasteiger partial charge in [-0.2, -0.15) is 0 Å². The lowest BCUT2D eigenvalue weighted by atomic mass is 9.97. The number of carbonyl (C=O) groups excluding carboxylic acids is 1. The maximum atomic E-state index is 12.4. The number of carbonyl (C=O) groups is 1. The van der Waals surface area contributed by atoms with Crippen molar-refractivity contribution in [2.24, 2.45) is 5.92 Å². The molecule has 3 nitrogen and oxygen atoms in total. The molecule has 0 aromatic heterocycles. The summed E-state index contributed by atoms with van der Waals surface area (Å²) in [6.07, 6.45) is 2.85. The summed E-state index contributed by atoms with van der Waals surface area (Å²) in [6.45, 7) is 3.99. The van der Waals surface area contributed by atoms with Gasteiger partial charge >= 0.3 is 0 Å². The number of fused-ring (bicyclic) bond motifs is 1. The number of hydrogen-bond acceptors (Lipinski definition) is 2. The van der Waals surface area contributed by atoms with Gasteiger partial charge in [0.2, 0.25) is 5.91 Å². The quantitative estimate of drug-likeness (QED) is 0.695.